The fourth-order valence-electron chi connectivity index (χ4n) is 2.11. The zero-order valence-electron chi connectivity index (χ0n) is 15.0. The van der Waals surface area contributed by atoms with Gasteiger partial charge in [0, 0.05) is 18.3 Å². The van der Waals surface area contributed by atoms with Crippen LogP contribution in [0.1, 0.15) is 24.9 Å². The van der Waals surface area contributed by atoms with Gasteiger partial charge in [-0.1, -0.05) is 6.07 Å². The monoisotopic (exact) mass is 467 g/mol. The van der Waals surface area contributed by atoms with Crippen LogP contribution in [0.2, 0.25) is 0 Å². The van der Waals surface area contributed by atoms with E-state index in [9.17, 15) is 35.9 Å². The molecule has 3 aromatic rings. The van der Waals surface area contributed by atoms with Gasteiger partial charge < -0.3 is 10.4 Å². The number of hydrogen-bond acceptors (Lipinski definition) is 5. The lowest BCUT2D eigenvalue weighted by molar-refractivity contribution is -0.192. The summed E-state index contributed by atoms with van der Waals surface area (Å²) in [5.74, 6) is -5.25. The molecule has 0 aliphatic heterocycles. The molecule has 0 fully saturated rings. The topological polar surface area (TPSA) is 101 Å². The maximum Gasteiger partial charge on any atom is 0.490 e. The Hall–Kier alpha value is -3.42. The molecule has 14 heteroatoms. The highest BCUT2D eigenvalue weighted by Crippen LogP contribution is 2.26. The molecule has 7 nitrogen and oxygen atoms in total. The van der Waals surface area contributed by atoms with Gasteiger partial charge in [0.15, 0.2) is 0 Å². The highest BCUT2D eigenvalue weighted by Gasteiger charge is 2.40. The van der Waals surface area contributed by atoms with Gasteiger partial charge in [0.25, 0.3) is 11.7 Å². The Kier molecular flexibility index (Phi) is 7.05. The number of carbonyl (C=O) groups excluding carboxylic acids is 2. The zero-order chi connectivity index (χ0) is 23.4. The van der Waals surface area contributed by atoms with Crippen LogP contribution in [-0.2, 0) is 11.3 Å². The molecule has 0 spiro atoms. The molecule has 0 unspecified atom stereocenters. The molecule has 3 aromatic heterocycles. The van der Waals surface area contributed by atoms with E-state index in [0.717, 1.165) is 17.1 Å². The third-order valence-electron chi connectivity index (χ3n) is 3.50. The number of carboxylic acid groups (broad SMARTS) is 1. The average molecular weight is 467 g/mol. The number of aromatic nitrogens is 2. The van der Waals surface area contributed by atoms with Crippen molar-refractivity contribution in [3.8, 4) is 0 Å². The second kappa shape index (κ2) is 9.16. The van der Waals surface area contributed by atoms with Crippen molar-refractivity contribution in [2.24, 2.45) is 0 Å². The number of alkyl halides is 6. The number of hydrogen-bond donors (Lipinski definition) is 2. The number of carboxylic acids is 1. The predicted molar refractivity (Wildman–Crippen MR) is 94.8 cm³/mol. The highest BCUT2D eigenvalue weighted by molar-refractivity contribution is 7.16. The van der Waals surface area contributed by atoms with Crippen molar-refractivity contribution in [1.29, 1.82) is 0 Å². The molecular weight excluding hydrogens is 456 g/mol. The van der Waals surface area contributed by atoms with Crippen molar-refractivity contribution in [1.82, 2.24) is 14.9 Å². The van der Waals surface area contributed by atoms with E-state index in [1.807, 2.05) is 18.2 Å². The van der Waals surface area contributed by atoms with E-state index >= 15 is 0 Å². The maximum absolute atomic E-state index is 12.4. The minimum absolute atomic E-state index is 0.0408. The van der Waals surface area contributed by atoms with E-state index in [4.69, 9.17) is 9.90 Å². The molecule has 0 atom stereocenters. The van der Waals surface area contributed by atoms with Gasteiger partial charge in [0.2, 0.25) is 0 Å². The number of ketones is 1. The summed E-state index contributed by atoms with van der Waals surface area (Å²) in [7, 11) is 0. The first-order valence-corrected chi connectivity index (χ1v) is 8.83. The number of rotatable bonds is 4. The first kappa shape index (κ1) is 23.9. The van der Waals surface area contributed by atoms with Crippen LogP contribution in [-0.4, -0.2) is 44.7 Å². The summed E-state index contributed by atoms with van der Waals surface area (Å²) < 4.78 is 70.5. The maximum atomic E-state index is 12.4. The van der Waals surface area contributed by atoms with Crippen molar-refractivity contribution < 1.29 is 45.8 Å². The molecule has 0 bridgehead atoms. The van der Waals surface area contributed by atoms with Gasteiger partial charge in [-0.25, -0.2) is 9.31 Å². The van der Waals surface area contributed by atoms with E-state index < -0.39 is 34.9 Å². The minimum atomic E-state index is -5.08. The van der Waals surface area contributed by atoms with Crippen LogP contribution in [0.5, 0.6) is 0 Å². The van der Waals surface area contributed by atoms with Crippen LogP contribution in [0.25, 0.3) is 5.52 Å². The van der Waals surface area contributed by atoms with Crippen LogP contribution in [0.4, 0.5) is 26.3 Å². The number of fused-ring (bicyclic) bond motifs is 1. The molecule has 0 aliphatic rings. The summed E-state index contributed by atoms with van der Waals surface area (Å²) in [5.41, 5.74) is 1.59. The Balaban J connectivity index is 0.000000423. The molecule has 3 rings (SSSR count). The number of pyridine rings is 1. The summed E-state index contributed by atoms with van der Waals surface area (Å²) in [4.78, 5) is 31.6. The van der Waals surface area contributed by atoms with Crippen LogP contribution in [0, 0.1) is 0 Å². The lowest BCUT2D eigenvalue weighted by Gasteiger charge is -2.03. The molecule has 2 N–H and O–H groups in total. The first-order valence-electron chi connectivity index (χ1n) is 8.01. The van der Waals surface area contributed by atoms with E-state index in [-0.39, 0.29) is 11.4 Å². The second-order valence-corrected chi connectivity index (χ2v) is 6.76. The van der Waals surface area contributed by atoms with Crippen molar-refractivity contribution in [2.75, 3.05) is 0 Å². The first-order chi connectivity index (χ1) is 14.3. The van der Waals surface area contributed by atoms with Gasteiger partial charge in [-0.05, 0) is 24.3 Å². The van der Waals surface area contributed by atoms with Gasteiger partial charge in [0.1, 0.15) is 0 Å². The molecule has 166 valence electrons. The van der Waals surface area contributed by atoms with Gasteiger partial charge >= 0.3 is 18.3 Å². The number of halogens is 6. The minimum Gasteiger partial charge on any atom is -0.475 e. The fourth-order valence-corrected chi connectivity index (χ4v) is 2.99. The Morgan fingerprint density at radius 2 is 1.61 bits per heavy atom. The number of nitrogens with one attached hydrogen (secondary N) is 1. The molecule has 1 amide bonds. The normalized spacial score (nSPS) is 11.5. The Morgan fingerprint density at radius 1 is 1.00 bits per heavy atom. The van der Waals surface area contributed by atoms with Crippen molar-refractivity contribution >= 4 is 34.5 Å². The number of carbonyl (C=O) groups is 3. The Labute approximate surface area is 172 Å². The van der Waals surface area contributed by atoms with Gasteiger partial charge in [-0.2, -0.15) is 31.4 Å². The second-order valence-electron chi connectivity index (χ2n) is 5.68. The van der Waals surface area contributed by atoms with E-state index in [2.05, 4.69) is 10.4 Å². The summed E-state index contributed by atoms with van der Waals surface area (Å²) in [5, 5.41) is 13.9. The van der Waals surface area contributed by atoms with Gasteiger partial charge in [0.05, 0.1) is 21.5 Å². The zero-order valence-corrected chi connectivity index (χ0v) is 15.8. The third kappa shape index (κ3) is 6.28. The number of nitrogens with zero attached hydrogens (tertiary/aromatic N) is 2. The summed E-state index contributed by atoms with van der Waals surface area (Å²) >= 11 is 0.514. The average Bonchev–Trinajstić information content (AvgIpc) is 3.32. The van der Waals surface area contributed by atoms with Crippen LogP contribution in [0.3, 0.4) is 0 Å². The molecule has 0 radical (unpaired) electrons. The summed E-state index contributed by atoms with van der Waals surface area (Å²) in [6.07, 6.45) is -6.67. The van der Waals surface area contributed by atoms with Gasteiger partial charge in [-0.15, -0.1) is 11.3 Å². The van der Waals surface area contributed by atoms with Crippen molar-refractivity contribution in [2.45, 2.75) is 18.9 Å². The van der Waals surface area contributed by atoms with Gasteiger partial charge in [-0.3, -0.25) is 9.59 Å². The van der Waals surface area contributed by atoms with E-state index in [0.29, 0.717) is 11.3 Å². The standard InChI is InChI=1S/C15H10F3N3O2S.C2HF3O2/c16-15(17,18)13(22)11-4-5-12(24-11)14(23)19-7-9-8-20-21-6-2-1-3-10(9)21;3-2(4,5)1(6)7/h1-6,8H,7H2,(H,19,23);(H,6,7). The number of thiophene rings is 1. The summed E-state index contributed by atoms with van der Waals surface area (Å²) in [6.45, 7) is 0.173. The summed E-state index contributed by atoms with van der Waals surface area (Å²) in [6, 6.07) is 7.68. The third-order valence-corrected chi connectivity index (χ3v) is 4.58. The number of amides is 1. The van der Waals surface area contributed by atoms with Crippen molar-refractivity contribution in [3.05, 3.63) is 58.0 Å². The molecule has 0 aliphatic carbocycles. The highest BCUT2D eigenvalue weighted by atomic mass is 32.1. The van der Waals surface area contributed by atoms with Crippen molar-refractivity contribution in [3.63, 3.8) is 0 Å². The lowest BCUT2D eigenvalue weighted by atomic mass is 10.2. The van der Waals surface area contributed by atoms with Crippen LogP contribution in [0.15, 0.2) is 42.7 Å². The van der Waals surface area contributed by atoms with E-state index in [1.165, 1.54) is 6.07 Å². The number of aliphatic carboxylic acids is 1. The Bertz CT molecular complexity index is 1100. The molecule has 0 aromatic carbocycles. The lowest BCUT2D eigenvalue weighted by Crippen LogP contribution is -2.22. The molecule has 0 saturated heterocycles. The Morgan fingerprint density at radius 3 is 2.19 bits per heavy atom. The molecule has 3 heterocycles. The number of Topliss-reactive ketones (excluding diaryl/α,β-unsaturated/α-hetero) is 1. The molecule has 0 saturated carbocycles. The quantitative estimate of drug-likeness (QED) is 0.450. The smallest absolute Gasteiger partial charge is 0.475 e. The predicted octanol–water partition coefficient (Wildman–Crippen LogP) is 3.70. The van der Waals surface area contributed by atoms with Crippen LogP contribution < -0.4 is 5.32 Å². The molecular formula is C17H11F6N3O4S. The fraction of sp³-hybridized carbons (Fsp3) is 0.176. The van der Waals surface area contributed by atoms with E-state index in [1.54, 1.807) is 16.9 Å². The molecule has 31 heavy (non-hydrogen) atoms. The largest absolute Gasteiger partial charge is 0.490 e. The van der Waals surface area contributed by atoms with Crippen LogP contribution >= 0.6 is 11.3 Å². The SMILES string of the molecule is O=C(NCc1cnn2ccccc12)c1ccc(C(=O)C(F)(F)F)s1.O=C(O)C(F)(F)F.